The topological polar surface area (TPSA) is 74.8 Å². The average molecular weight is 389 g/mol. The van der Waals surface area contributed by atoms with E-state index < -0.39 is 0 Å². The van der Waals surface area contributed by atoms with Crippen LogP contribution in [0, 0.1) is 11.8 Å². The van der Waals surface area contributed by atoms with Crippen LogP contribution in [0.1, 0.15) is 58.4 Å². The van der Waals surface area contributed by atoms with Crippen molar-refractivity contribution in [1.29, 1.82) is 0 Å². The Morgan fingerprint density at radius 1 is 1.29 bits per heavy atom. The Hall–Kier alpha value is -2.24. The lowest BCUT2D eigenvalue weighted by Crippen LogP contribution is -2.38. The highest BCUT2D eigenvalue weighted by Gasteiger charge is 2.18. The molecule has 0 aromatic heterocycles. The maximum Gasteiger partial charge on any atom is 0.221 e. The van der Waals surface area contributed by atoms with Crippen LogP contribution in [0.3, 0.4) is 0 Å². The number of methoxy groups -OCH3 is 1. The molecule has 0 bridgehead atoms. The fourth-order valence-electron chi connectivity index (χ4n) is 3.87. The van der Waals surface area contributed by atoms with Crippen molar-refractivity contribution in [2.45, 2.75) is 59.4 Å². The van der Waals surface area contributed by atoms with Crippen LogP contribution in [-0.2, 0) is 11.3 Å². The van der Waals surface area contributed by atoms with Gasteiger partial charge < -0.3 is 20.7 Å². The Balaban J connectivity index is 1.93. The third kappa shape index (κ3) is 7.41. The SMILES string of the molecule is CCNC(=NCc1ccc(OC)c(NC(C)=O)c1)NCCC1CCCC(C)C1. The quantitative estimate of drug-likeness (QED) is 0.466. The van der Waals surface area contributed by atoms with Gasteiger partial charge in [0.1, 0.15) is 5.75 Å². The first-order valence-corrected chi connectivity index (χ1v) is 10.5. The van der Waals surface area contributed by atoms with E-state index in [1.165, 1.54) is 39.0 Å². The molecular weight excluding hydrogens is 352 g/mol. The minimum absolute atomic E-state index is 0.119. The lowest BCUT2D eigenvalue weighted by molar-refractivity contribution is -0.114. The molecule has 1 aliphatic rings. The predicted molar refractivity (Wildman–Crippen MR) is 116 cm³/mol. The van der Waals surface area contributed by atoms with E-state index >= 15 is 0 Å². The summed E-state index contributed by atoms with van der Waals surface area (Å²) in [5, 5.41) is 9.59. The summed E-state index contributed by atoms with van der Waals surface area (Å²) >= 11 is 0. The van der Waals surface area contributed by atoms with Gasteiger partial charge in [-0.05, 0) is 49.3 Å². The molecule has 0 aliphatic heterocycles. The molecule has 1 fully saturated rings. The molecule has 1 aromatic carbocycles. The highest BCUT2D eigenvalue weighted by Crippen LogP contribution is 2.30. The fourth-order valence-corrected chi connectivity index (χ4v) is 3.87. The summed E-state index contributed by atoms with van der Waals surface area (Å²) in [6, 6.07) is 5.75. The zero-order valence-corrected chi connectivity index (χ0v) is 17.8. The second-order valence-corrected chi connectivity index (χ2v) is 7.76. The molecule has 0 saturated heterocycles. The van der Waals surface area contributed by atoms with Crippen molar-refractivity contribution < 1.29 is 9.53 Å². The standard InChI is InChI=1S/C22H36N4O2/c1-5-23-22(24-12-11-18-8-6-7-16(2)13-18)25-15-19-9-10-21(28-4)20(14-19)26-17(3)27/h9-10,14,16,18H,5-8,11-13,15H2,1-4H3,(H,26,27)(H2,23,24,25). The molecule has 1 aromatic rings. The van der Waals surface area contributed by atoms with Crippen LogP contribution in [0.25, 0.3) is 0 Å². The van der Waals surface area contributed by atoms with Crippen LogP contribution in [0.2, 0.25) is 0 Å². The monoisotopic (exact) mass is 388 g/mol. The maximum absolute atomic E-state index is 11.4. The van der Waals surface area contributed by atoms with Crippen molar-refractivity contribution in [2.75, 3.05) is 25.5 Å². The van der Waals surface area contributed by atoms with Crippen molar-refractivity contribution in [3.05, 3.63) is 23.8 Å². The van der Waals surface area contributed by atoms with Gasteiger partial charge in [-0.3, -0.25) is 4.79 Å². The van der Waals surface area contributed by atoms with Crippen molar-refractivity contribution in [3.8, 4) is 5.75 Å². The number of aliphatic imine (C=N–C) groups is 1. The Kier molecular flexibility index (Phi) is 9.11. The zero-order valence-electron chi connectivity index (χ0n) is 17.8. The van der Waals surface area contributed by atoms with Gasteiger partial charge in [-0.1, -0.05) is 32.3 Å². The second kappa shape index (κ2) is 11.6. The van der Waals surface area contributed by atoms with E-state index in [1.807, 2.05) is 18.2 Å². The zero-order chi connectivity index (χ0) is 20.4. The summed E-state index contributed by atoms with van der Waals surface area (Å²) in [5.74, 6) is 3.07. The van der Waals surface area contributed by atoms with Crippen LogP contribution in [0.5, 0.6) is 5.75 Å². The van der Waals surface area contributed by atoms with Gasteiger partial charge in [-0.25, -0.2) is 4.99 Å². The number of hydrogen-bond acceptors (Lipinski definition) is 3. The minimum atomic E-state index is -0.119. The minimum Gasteiger partial charge on any atom is -0.495 e. The van der Waals surface area contributed by atoms with Crippen LogP contribution in [0.4, 0.5) is 5.69 Å². The molecule has 28 heavy (non-hydrogen) atoms. The van der Waals surface area contributed by atoms with Gasteiger partial charge >= 0.3 is 0 Å². The van der Waals surface area contributed by atoms with E-state index in [9.17, 15) is 4.79 Å². The van der Waals surface area contributed by atoms with Crippen LogP contribution in [-0.4, -0.2) is 32.1 Å². The van der Waals surface area contributed by atoms with Gasteiger partial charge in [-0.15, -0.1) is 0 Å². The highest BCUT2D eigenvalue weighted by molar-refractivity contribution is 5.90. The molecule has 2 atom stereocenters. The van der Waals surface area contributed by atoms with Crippen molar-refractivity contribution in [3.63, 3.8) is 0 Å². The molecule has 3 N–H and O–H groups in total. The molecule has 1 amide bonds. The van der Waals surface area contributed by atoms with E-state index in [0.29, 0.717) is 18.0 Å². The van der Waals surface area contributed by atoms with Crippen molar-refractivity contribution in [2.24, 2.45) is 16.8 Å². The molecule has 6 nitrogen and oxygen atoms in total. The molecule has 6 heteroatoms. The number of hydrogen-bond donors (Lipinski definition) is 3. The predicted octanol–water partition coefficient (Wildman–Crippen LogP) is 3.93. The summed E-state index contributed by atoms with van der Waals surface area (Å²) in [4.78, 5) is 16.1. The number of nitrogens with one attached hydrogen (secondary N) is 3. The fraction of sp³-hybridized carbons (Fsp3) is 0.636. The third-order valence-electron chi connectivity index (χ3n) is 5.23. The van der Waals surface area contributed by atoms with Crippen LogP contribution in [0.15, 0.2) is 23.2 Å². The molecule has 0 radical (unpaired) electrons. The van der Waals surface area contributed by atoms with E-state index in [4.69, 9.17) is 9.73 Å². The van der Waals surface area contributed by atoms with E-state index in [-0.39, 0.29) is 5.91 Å². The Morgan fingerprint density at radius 2 is 2.11 bits per heavy atom. The first-order chi connectivity index (χ1) is 13.5. The van der Waals surface area contributed by atoms with Gasteiger partial charge in [0.05, 0.1) is 19.3 Å². The summed E-state index contributed by atoms with van der Waals surface area (Å²) < 4.78 is 5.31. The molecule has 1 aliphatic carbocycles. The maximum atomic E-state index is 11.4. The summed E-state index contributed by atoms with van der Waals surface area (Å²) in [6.45, 7) is 8.24. The van der Waals surface area contributed by atoms with Gasteiger partial charge in [0, 0.05) is 20.0 Å². The Bertz CT molecular complexity index is 660. The van der Waals surface area contributed by atoms with Crippen LogP contribution >= 0.6 is 0 Å². The number of amides is 1. The number of guanidine groups is 1. The van der Waals surface area contributed by atoms with Gasteiger partial charge in [0.15, 0.2) is 5.96 Å². The number of rotatable bonds is 8. The van der Waals surface area contributed by atoms with E-state index in [1.54, 1.807) is 7.11 Å². The smallest absolute Gasteiger partial charge is 0.221 e. The normalized spacial score (nSPS) is 19.8. The first kappa shape index (κ1) is 22.1. The lowest BCUT2D eigenvalue weighted by Gasteiger charge is -2.26. The summed E-state index contributed by atoms with van der Waals surface area (Å²) in [5.41, 5.74) is 1.69. The molecule has 2 unspecified atom stereocenters. The number of anilines is 1. The lowest BCUT2D eigenvalue weighted by atomic mass is 9.81. The van der Waals surface area contributed by atoms with Gasteiger partial charge in [0.25, 0.3) is 0 Å². The van der Waals surface area contributed by atoms with Crippen LogP contribution < -0.4 is 20.7 Å². The van der Waals surface area contributed by atoms with E-state index in [0.717, 1.165) is 36.4 Å². The number of carbonyl (C=O) groups is 1. The number of carbonyl (C=O) groups excluding carboxylic acids is 1. The number of nitrogens with zero attached hydrogens (tertiary/aromatic N) is 1. The van der Waals surface area contributed by atoms with E-state index in [2.05, 4.69) is 29.8 Å². The van der Waals surface area contributed by atoms with Gasteiger partial charge in [0.2, 0.25) is 5.91 Å². The third-order valence-corrected chi connectivity index (χ3v) is 5.23. The Labute approximate surface area is 169 Å². The average Bonchev–Trinajstić information content (AvgIpc) is 2.66. The Morgan fingerprint density at radius 3 is 2.79 bits per heavy atom. The highest BCUT2D eigenvalue weighted by atomic mass is 16.5. The summed E-state index contributed by atoms with van der Waals surface area (Å²) in [6.07, 6.45) is 6.67. The second-order valence-electron chi connectivity index (χ2n) is 7.76. The molecule has 1 saturated carbocycles. The molecular formula is C22H36N4O2. The molecule has 0 spiro atoms. The number of ether oxygens (including phenoxy) is 1. The van der Waals surface area contributed by atoms with Crippen molar-refractivity contribution >= 4 is 17.6 Å². The number of benzene rings is 1. The van der Waals surface area contributed by atoms with Gasteiger partial charge in [-0.2, -0.15) is 0 Å². The summed E-state index contributed by atoms with van der Waals surface area (Å²) in [7, 11) is 1.60. The first-order valence-electron chi connectivity index (χ1n) is 10.5. The van der Waals surface area contributed by atoms with Crippen molar-refractivity contribution in [1.82, 2.24) is 10.6 Å². The molecule has 156 valence electrons. The molecule has 2 rings (SSSR count). The molecule has 0 heterocycles. The largest absolute Gasteiger partial charge is 0.495 e.